The van der Waals surface area contributed by atoms with Crippen molar-refractivity contribution in [2.45, 2.75) is 34.6 Å². The molecule has 0 aromatic heterocycles. The molecule has 126 valence electrons. The topological polar surface area (TPSA) is 35.5 Å². The van der Waals surface area contributed by atoms with Crippen LogP contribution in [0.15, 0.2) is 48.5 Å². The Morgan fingerprint density at radius 2 is 1.17 bits per heavy atom. The molecule has 0 amide bonds. The van der Waals surface area contributed by atoms with Gasteiger partial charge in [0.15, 0.2) is 0 Å². The molecule has 0 fully saturated rings. The van der Waals surface area contributed by atoms with Crippen molar-refractivity contribution >= 4 is 5.97 Å². The molecule has 2 aromatic carbocycles. The number of carbonyl (C=O) groups is 1. The van der Waals surface area contributed by atoms with Crippen LogP contribution in [0.1, 0.15) is 34.6 Å². The molecule has 0 bridgehead atoms. The fourth-order valence-electron chi connectivity index (χ4n) is 1.11. The van der Waals surface area contributed by atoms with Crippen LogP contribution in [0.4, 0.5) is 0 Å². The maximum Gasteiger partial charge on any atom is 2.00 e. The second-order valence-electron chi connectivity index (χ2n) is 3.27. The first-order valence-corrected chi connectivity index (χ1v) is 7.37. The molecule has 0 N–H and O–H groups in total. The average molecular weight is 486 g/mol. The summed E-state index contributed by atoms with van der Waals surface area (Å²) in [6.07, 6.45) is 0. The van der Waals surface area contributed by atoms with Gasteiger partial charge in [-0.15, -0.1) is 24.3 Å². The molecule has 2 aromatic rings. The minimum absolute atomic E-state index is 0. The molecule has 3 nitrogen and oxygen atoms in total. The third-order valence-corrected chi connectivity index (χ3v) is 1.87. The van der Waals surface area contributed by atoms with Crippen molar-refractivity contribution in [3.8, 4) is 11.5 Å². The molecule has 0 saturated heterocycles. The van der Waals surface area contributed by atoms with E-state index in [4.69, 9.17) is 9.47 Å². The van der Waals surface area contributed by atoms with Crippen LogP contribution >= 0.6 is 0 Å². The molecule has 0 aliphatic heterocycles. The van der Waals surface area contributed by atoms with Gasteiger partial charge in [-0.3, -0.25) is 4.79 Å². The Balaban J connectivity index is -0.000000280. The largest absolute Gasteiger partial charge is 2.00 e. The number of rotatable bonds is 2. The van der Waals surface area contributed by atoms with Gasteiger partial charge in [0.2, 0.25) is 0 Å². The molecule has 0 atom stereocenters. The van der Waals surface area contributed by atoms with Gasteiger partial charge in [0.1, 0.15) is 0 Å². The van der Waals surface area contributed by atoms with Crippen molar-refractivity contribution in [2.75, 3.05) is 7.11 Å². The Hall–Kier alpha value is -1.60. The summed E-state index contributed by atoms with van der Waals surface area (Å²) in [5.74, 6) is 1.14. The predicted molar refractivity (Wildman–Crippen MR) is 91.1 cm³/mol. The van der Waals surface area contributed by atoms with E-state index in [1.165, 1.54) is 6.92 Å². The van der Waals surface area contributed by atoms with Crippen LogP contribution in [0.5, 0.6) is 11.5 Å². The van der Waals surface area contributed by atoms with Crippen molar-refractivity contribution in [1.29, 1.82) is 0 Å². The number of hydrogen-bond donors (Lipinski definition) is 0. The summed E-state index contributed by atoms with van der Waals surface area (Å²) in [6, 6.07) is 19.8. The van der Waals surface area contributed by atoms with Crippen LogP contribution in [-0.2, 0) is 25.9 Å². The van der Waals surface area contributed by atoms with Gasteiger partial charge in [0.05, 0.1) is 7.11 Å². The summed E-state index contributed by atoms with van der Waals surface area (Å²) in [4.78, 5) is 10.4. The average Bonchev–Trinajstić information content (AvgIpc) is 2.60. The number of hydrogen-bond acceptors (Lipinski definition) is 3. The number of esters is 1. The number of ether oxygens (including phenoxy) is 2. The monoisotopic (exact) mass is 486 g/mol. The Morgan fingerprint density at radius 1 is 0.826 bits per heavy atom. The normalized spacial score (nSPS) is 7.39. The second kappa shape index (κ2) is 20.4. The molecule has 0 saturated carbocycles. The fourth-order valence-corrected chi connectivity index (χ4v) is 1.11. The molecule has 0 unspecified atom stereocenters. The smallest absolute Gasteiger partial charge is 0.522 e. The summed E-state index contributed by atoms with van der Waals surface area (Å²) < 4.78 is 9.65. The number of benzene rings is 2. The molecule has 23 heavy (non-hydrogen) atoms. The Bertz CT molecular complexity index is 459. The number of carbonyl (C=O) groups excluding carboxylic acids is 1. The van der Waals surface area contributed by atoms with Crippen molar-refractivity contribution in [3.05, 3.63) is 60.7 Å². The predicted octanol–water partition coefficient (Wildman–Crippen LogP) is 4.96. The van der Waals surface area contributed by atoms with Gasteiger partial charge in [0.25, 0.3) is 0 Å². The standard InChI is InChI=1S/C8H7O2.C7H7O.2C2H6.W/c1-7(9)10-8-5-3-2-4-6-8;1-8-7-5-3-2-4-6-7;2*1-2;/h3-6H,1H3;3-6H,1H3;2*1-2H3;/q2*-1;;;+2. The van der Waals surface area contributed by atoms with E-state index in [0.717, 1.165) is 5.75 Å². The summed E-state index contributed by atoms with van der Waals surface area (Å²) >= 11 is 0. The molecule has 2 rings (SSSR count). The minimum Gasteiger partial charge on any atom is -0.522 e. The Labute approximate surface area is 155 Å². The third-order valence-electron chi connectivity index (χ3n) is 1.87. The van der Waals surface area contributed by atoms with E-state index in [-0.39, 0.29) is 27.0 Å². The first-order valence-electron chi connectivity index (χ1n) is 7.37. The van der Waals surface area contributed by atoms with Gasteiger partial charge >= 0.3 is 27.0 Å². The zero-order chi connectivity index (χ0) is 17.2. The van der Waals surface area contributed by atoms with Crippen molar-refractivity contribution in [2.24, 2.45) is 0 Å². The quantitative estimate of drug-likeness (QED) is 0.342. The number of methoxy groups -OCH3 is 1. The van der Waals surface area contributed by atoms with Crippen molar-refractivity contribution in [1.82, 2.24) is 0 Å². The van der Waals surface area contributed by atoms with Crippen molar-refractivity contribution < 1.29 is 35.3 Å². The van der Waals surface area contributed by atoms with E-state index < -0.39 is 0 Å². The van der Waals surface area contributed by atoms with Crippen LogP contribution in [0.25, 0.3) is 0 Å². The molecule has 4 heteroatoms. The first-order chi connectivity index (χ1) is 10.7. The van der Waals surface area contributed by atoms with Gasteiger partial charge in [-0.2, -0.15) is 36.4 Å². The van der Waals surface area contributed by atoms with E-state index in [9.17, 15) is 4.79 Å². The van der Waals surface area contributed by atoms with Gasteiger partial charge in [-0.1, -0.05) is 27.7 Å². The third kappa shape index (κ3) is 16.6. The van der Waals surface area contributed by atoms with E-state index in [2.05, 4.69) is 12.1 Å². The van der Waals surface area contributed by atoms with E-state index in [1.807, 2.05) is 52.0 Å². The molecule has 0 heterocycles. The Kier molecular flexibility index (Phi) is 23.3. The zero-order valence-corrected chi connectivity index (χ0v) is 17.7. The minimum atomic E-state index is -0.300. The molecular formula is C19H26O3W. The van der Waals surface area contributed by atoms with Gasteiger partial charge in [-0.05, 0) is 0 Å². The van der Waals surface area contributed by atoms with Crippen LogP contribution in [0, 0.1) is 12.1 Å². The molecule has 0 aliphatic rings. The van der Waals surface area contributed by atoms with Crippen molar-refractivity contribution in [3.63, 3.8) is 0 Å². The van der Waals surface area contributed by atoms with Crippen LogP contribution in [0.3, 0.4) is 0 Å². The van der Waals surface area contributed by atoms with Gasteiger partial charge in [0, 0.05) is 18.4 Å². The van der Waals surface area contributed by atoms with E-state index >= 15 is 0 Å². The summed E-state index contributed by atoms with van der Waals surface area (Å²) in [6.45, 7) is 9.37. The maximum absolute atomic E-state index is 10.4. The van der Waals surface area contributed by atoms with Crippen LogP contribution in [-0.4, -0.2) is 13.1 Å². The molecular weight excluding hydrogens is 460 g/mol. The summed E-state index contributed by atoms with van der Waals surface area (Å²) in [5, 5.41) is 0. The molecule has 0 aliphatic carbocycles. The fraction of sp³-hybridized carbons (Fsp3) is 0.316. The maximum atomic E-state index is 10.4. The summed E-state index contributed by atoms with van der Waals surface area (Å²) in [7, 11) is 1.65. The zero-order valence-electron chi connectivity index (χ0n) is 14.8. The van der Waals surface area contributed by atoms with E-state index in [1.54, 1.807) is 31.4 Å². The Morgan fingerprint density at radius 3 is 1.43 bits per heavy atom. The molecule has 0 radical (unpaired) electrons. The molecule has 0 spiro atoms. The van der Waals surface area contributed by atoms with Crippen LogP contribution < -0.4 is 9.47 Å². The van der Waals surface area contributed by atoms with Crippen LogP contribution in [0.2, 0.25) is 0 Å². The van der Waals surface area contributed by atoms with Gasteiger partial charge in [-0.25, -0.2) is 0 Å². The summed E-state index contributed by atoms with van der Waals surface area (Å²) in [5.41, 5.74) is 0. The van der Waals surface area contributed by atoms with Gasteiger partial charge < -0.3 is 9.47 Å². The second-order valence-corrected chi connectivity index (χ2v) is 3.27. The first kappa shape index (κ1) is 26.3. The SMILES string of the molecule is CC.CC.CC(=O)Oc1cc[c-]cc1.COc1cc[c-]cc1.[W+2]. The van der Waals surface area contributed by atoms with E-state index in [0.29, 0.717) is 5.75 Å².